The molecule has 0 bridgehead atoms. The van der Waals surface area contributed by atoms with Gasteiger partial charge >= 0.3 is 0 Å². The van der Waals surface area contributed by atoms with Crippen molar-refractivity contribution in [3.05, 3.63) is 23.8 Å². The first-order valence-electron chi connectivity index (χ1n) is 7.86. The van der Waals surface area contributed by atoms with E-state index in [1.54, 1.807) is 7.11 Å². The summed E-state index contributed by atoms with van der Waals surface area (Å²) in [4.78, 5) is 2.53. The zero-order valence-electron chi connectivity index (χ0n) is 13.3. The molecule has 0 spiro atoms. The Hall–Kier alpha value is -1.22. The summed E-state index contributed by atoms with van der Waals surface area (Å²) in [5.41, 5.74) is 2.64. The first-order chi connectivity index (χ1) is 9.71. The van der Waals surface area contributed by atoms with Crippen LogP contribution >= 0.6 is 0 Å². The van der Waals surface area contributed by atoms with Gasteiger partial charge in [0.2, 0.25) is 0 Å². The monoisotopic (exact) mass is 276 g/mol. The Labute approximate surface area is 123 Å². The number of anilines is 1. The lowest BCUT2D eigenvalue weighted by atomic mass is 10.0. The summed E-state index contributed by atoms with van der Waals surface area (Å²) in [7, 11) is 1.76. The van der Waals surface area contributed by atoms with Gasteiger partial charge in [-0.05, 0) is 37.9 Å². The van der Waals surface area contributed by atoms with Gasteiger partial charge in [-0.1, -0.05) is 26.3 Å². The molecule has 2 rings (SSSR count). The first kappa shape index (κ1) is 15.2. The lowest BCUT2D eigenvalue weighted by Gasteiger charge is -2.27. The van der Waals surface area contributed by atoms with Crippen molar-refractivity contribution in [2.45, 2.75) is 39.7 Å². The lowest BCUT2D eigenvalue weighted by Crippen LogP contribution is -2.25. The molecule has 1 fully saturated rings. The maximum atomic E-state index is 5.60. The number of hydrogen-bond acceptors (Lipinski definition) is 3. The summed E-state index contributed by atoms with van der Waals surface area (Å²) in [5.74, 6) is 1.83. The molecule has 2 unspecified atom stereocenters. The van der Waals surface area contributed by atoms with Crippen LogP contribution in [-0.2, 0) is 0 Å². The fourth-order valence-corrected chi connectivity index (χ4v) is 3.21. The molecule has 1 aromatic rings. The summed E-state index contributed by atoms with van der Waals surface area (Å²) in [6, 6.07) is 6.73. The second-order valence-electron chi connectivity index (χ2n) is 5.68. The Bertz CT molecular complexity index is 433. The maximum absolute atomic E-state index is 5.60. The Morgan fingerprint density at radius 1 is 1.40 bits per heavy atom. The molecule has 1 aromatic carbocycles. The van der Waals surface area contributed by atoms with Gasteiger partial charge in [-0.25, -0.2) is 0 Å². The number of ether oxygens (including phenoxy) is 1. The van der Waals surface area contributed by atoms with E-state index < -0.39 is 0 Å². The van der Waals surface area contributed by atoms with Crippen molar-refractivity contribution < 1.29 is 4.74 Å². The van der Waals surface area contributed by atoms with Crippen molar-refractivity contribution >= 4 is 5.69 Å². The normalized spacial score (nSPS) is 20.2. The predicted octanol–water partition coefficient (Wildman–Crippen LogP) is 3.60. The largest absolute Gasteiger partial charge is 0.496 e. The lowest BCUT2D eigenvalue weighted by molar-refractivity contribution is 0.402. The molecule has 0 amide bonds. The fraction of sp³-hybridized carbons (Fsp3) is 0.647. The zero-order valence-corrected chi connectivity index (χ0v) is 13.3. The van der Waals surface area contributed by atoms with Crippen molar-refractivity contribution in [1.29, 1.82) is 0 Å². The standard InChI is InChI=1S/C17H28N2O/c1-5-14-10-11-19(12-14)15-8-7-9-16(20-4)17(15)13(3)18-6-2/h7-9,13-14,18H,5-6,10-12H2,1-4H3. The molecule has 20 heavy (non-hydrogen) atoms. The molecule has 1 heterocycles. The van der Waals surface area contributed by atoms with E-state index in [1.807, 2.05) is 0 Å². The van der Waals surface area contributed by atoms with E-state index in [1.165, 1.54) is 30.6 Å². The van der Waals surface area contributed by atoms with E-state index in [0.29, 0.717) is 6.04 Å². The van der Waals surface area contributed by atoms with Crippen molar-refractivity contribution in [1.82, 2.24) is 5.32 Å². The van der Waals surface area contributed by atoms with Gasteiger partial charge in [0.1, 0.15) is 5.75 Å². The minimum Gasteiger partial charge on any atom is -0.496 e. The number of rotatable bonds is 6. The van der Waals surface area contributed by atoms with Gasteiger partial charge in [0.05, 0.1) is 7.11 Å². The molecule has 3 nitrogen and oxygen atoms in total. The van der Waals surface area contributed by atoms with E-state index >= 15 is 0 Å². The molecule has 1 aliphatic heterocycles. The third-order valence-electron chi connectivity index (χ3n) is 4.41. The predicted molar refractivity (Wildman–Crippen MR) is 85.7 cm³/mol. The van der Waals surface area contributed by atoms with Crippen LogP contribution in [0.5, 0.6) is 5.75 Å². The minimum atomic E-state index is 0.312. The SMILES string of the molecule is CCNC(C)c1c(OC)cccc1N1CCC(CC)C1. The smallest absolute Gasteiger partial charge is 0.125 e. The average Bonchev–Trinajstić information content (AvgIpc) is 2.95. The molecular weight excluding hydrogens is 248 g/mol. The van der Waals surface area contributed by atoms with Gasteiger partial charge in [-0.15, -0.1) is 0 Å². The zero-order chi connectivity index (χ0) is 14.5. The molecule has 112 valence electrons. The van der Waals surface area contributed by atoms with Crippen LogP contribution in [-0.4, -0.2) is 26.7 Å². The maximum Gasteiger partial charge on any atom is 0.125 e. The number of hydrogen-bond donors (Lipinski definition) is 1. The second-order valence-corrected chi connectivity index (χ2v) is 5.68. The minimum absolute atomic E-state index is 0.312. The molecule has 0 aliphatic carbocycles. The van der Waals surface area contributed by atoms with Crippen LogP contribution in [0.2, 0.25) is 0 Å². The molecule has 2 atom stereocenters. The summed E-state index contributed by atoms with van der Waals surface area (Å²) in [6.45, 7) is 9.97. The molecule has 3 heteroatoms. The van der Waals surface area contributed by atoms with Crippen LogP contribution in [0, 0.1) is 5.92 Å². The van der Waals surface area contributed by atoms with E-state index in [9.17, 15) is 0 Å². The molecule has 1 saturated heterocycles. The van der Waals surface area contributed by atoms with Crippen molar-refractivity contribution in [2.24, 2.45) is 5.92 Å². The molecule has 1 N–H and O–H groups in total. The number of nitrogens with zero attached hydrogens (tertiary/aromatic N) is 1. The van der Waals surface area contributed by atoms with Gasteiger partial charge < -0.3 is 15.0 Å². The van der Waals surface area contributed by atoms with Crippen LogP contribution in [0.4, 0.5) is 5.69 Å². The molecule has 0 saturated carbocycles. The third kappa shape index (κ3) is 3.09. The Kier molecular flexibility index (Phi) is 5.30. The number of nitrogens with one attached hydrogen (secondary N) is 1. The van der Waals surface area contributed by atoms with Crippen LogP contribution in [0.15, 0.2) is 18.2 Å². The van der Waals surface area contributed by atoms with Crippen LogP contribution in [0.3, 0.4) is 0 Å². The van der Waals surface area contributed by atoms with E-state index in [0.717, 1.165) is 24.8 Å². The molecule has 0 aromatic heterocycles. The van der Waals surface area contributed by atoms with Gasteiger partial charge in [-0.2, -0.15) is 0 Å². The Morgan fingerprint density at radius 3 is 2.80 bits per heavy atom. The highest BCUT2D eigenvalue weighted by Crippen LogP contribution is 2.37. The van der Waals surface area contributed by atoms with Crippen molar-refractivity contribution in [2.75, 3.05) is 31.6 Å². The van der Waals surface area contributed by atoms with Gasteiger partial charge in [0.25, 0.3) is 0 Å². The highest BCUT2D eigenvalue weighted by molar-refractivity contribution is 5.61. The van der Waals surface area contributed by atoms with Crippen molar-refractivity contribution in [3.63, 3.8) is 0 Å². The quantitative estimate of drug-likeness (QED) is 0.859. The topological polar surface area (TPSA) is 24.5 Å². The van der Waals surface area contributed by atoms with E-state index in [2.05, 4.69) is 49.2 Å². The number of methoxy groups -OCH3 is 1. The first-order valence-corrected chi connectivity index (χ1v) is 7.86. The highest BCUT2D eigenvalue weighted by Gasteiger charge is 2.25. The highest BCUT2D eigenvalue weighted by atomic mass is 16.5. The average molecular weight is 276 g/mol. The summed E-state index contributed by atoms with van der Waals surface area (Å²) < 4.78 is 5.60. The van der Waals surface area contributed by atoms with E-state index in [4.69, 9.17) is 4.74 Å². The Morgan fingerprint density at radius 2 is 2.20 bits per heavy atom. The third-order valence-corrected chi connectivity index (χ3v) is 4.41. The van der Waals surface area contributed by atoms with Gasteiger partial charge in [0.15, 0.2) is 0 Å². The summed E-state index contributed by atoms with van der Waals surface area (Å²) in [6.07, 6.45) is 2.58. The fourth-order valence-electron chi connectivity index (χ4n) is 3.21. The molecule has 0 radical (unpaired) electrons. The van der Waals surface area contributed by atoms with Crippen molar-refractivity contribution in [3.8, 4) is 5.75 Å². The molecule has 1 aliphatic rings. The van der Waals surface area contributed by atoms with E-state index in [-0.39, 0.29) is 0 Å². The van der Waals surface area contributed by atoms with Crippen LogP contribution < -0.4 is 15.0 Å². The Balaban J connectivity index is 2.32. The van der Waals surface area contributed by atoms with Gasteiger partial charge in [0, 0.05) is 30.4 Å². The number of benzene rings is 1. The molecular formula is C17H28N2O. The summed E-state index contributed by atoms with van der Waals surface area (Å²) in [5, 5.41) is 3.52. The summed E-state index contributed by atoms with van der Waals surface area (Å²) >= 11 is 0. The second kappa shape index (κ2) is 6.98. The van der Waals surface area contributed by atoms with Crippen LogP contribution in [0.1, 0.15) is 45.2 Å². The van der Waals surface area contributed by atoms with Crippen LogP contribution in [0.25, 0.3) is 0 Å². The van der Waals surface area contributed by atoms with Gasteiger partial charge in [-0.3, -0.25) is 0 Å².